The number of nitrogens with one attached hydrogen (secondary N) is 1. The van der Waals surface area contributed by atoms with Crippen LogP contribution in [0.3, 0.4) is 0 Å². The molecule has 0 bridgehead atoms. The molecule has 0 saturated carbocycles. The number of piperidine rings is 1. The Bertz CT molecular complexity index is 1150. The molecular formula is C25H29ClFN5O. The summed E-state index contributed by atoms with van der Waals surface area (Å²) in [6, 6.07) is 10.8. The van der Waals surface area contributed by atoms with Crippen molar-refractivity contribution >= 4 is 34.2 Å². The lowest BCUT2D eigenvalue weighted by atomic mass is 10.0. The Balaban J connectivity index is 1.32. The first kappa shape index (κ1) is 22.2. The van der Waals surface area contributed by atoms with Crippen LogP contribution < -0.4 is 10.2 Å². The molecule has 1 unspecified atom stereocenters. The smallest absolute Gasteiger partial charge is 0.239 e. The van der Waals surface area contributed by atoms with Crippen molar-refractivity contribution in [2.24, 2.45) is 0 Å². The second-order valence-electron chi connectivity index (χ2n) is 8.98. The summed E-state index contributed by atoms with van der Waals surface area (Å²) in [7, 11) is 0. The van der Waals surface area contributed by atoms with Gasteiger partial charge in [0.25, 0.3) is 0 Å². The highest BCUT2D eigenvalue weighted by Crippen LogP contribution is 2.29. The number of hydrogen-bond acceptors (Lipinski definition) is 4. The van der Waals surface area contributed by atoms with Gasteiger partial charge in [-0.25, -0.2) is 9.37 Å². The number of amides is 1. The van der Waals surface area contributed by atoms with Crippen LogP contribution in [0.25, 0.3) is 11.0 Å². The first-order valence-electron chi connectivity index (χ1n) is 11.7. The van der Waals surface area contributed by atoms with Gasteiger partial charge in [0, 0.05) is 42.5 Å². The molecular weight excluding hydrogens is 441 g/mol. The summed E-state index contributed by atoms with van der Waals surface area (Å²) in [5, 5.41) is 3.75. The van der Waals surface area contributed by atoms with E-state index >= 15 is 0 Å². The van der Waals surface area contributed by atoms with Crippen molar-refractivity contribution in [2.75, 3.05) is 37.6 Å². The van der Waals surface area contributed by atoms with E-state index in [0.717, 1.165) is 68.7 Å². The summed E-state index contributed by atoms with van der Waals surface area (Å²) in [5.41, 5.74) is 3.50. The Labute approximate surface area is 198 Å². The molecule has 2 atom stereocenters. The molecule has 2 aliphatic rings. The third-order valence-electron chi connectivity index (χ3n) is 6.95. The molecule has 2 aliphatic heterocycles. The third kappa shape index (κ3) is 4.44. The van der Waals surface area contributed by atoms with E-state index in [2.05, 4.69) is 27.3 Å². The zero-order valence-electron chi connectivity index (χ0n) is 18.8. The van der Waals surface area contributed by atoms with Crippen molar-refractivity contribution < 1.29 is 9.18 Å². The maximum absolute atomic E-state index is 14.5. The van der Waals surface area contributed by atoms with Crippen molar-refractivity contribution in [1.29, 1.82) is 0 Å². The summed E-state index contributed by atoms with van der Waals surface area (Å²) < 4.78 is 16.5. The Morgan fingerprint density at radius 2 is 1.97 bits per heavy atom. The lowest BCUT2D eigenvalue weighted by Gasteiger charge is -2.38. The number of rotatable bonds is 4. The van der Waals surface area contributed by atoms with Crippen LogP contribution in [0.5, 0.6) is 0 Å². The normalized spacial score (nSPS) is 20.3. The highest BCUT2D eigenvalue weighted by molar-refractivity contribution is 6.30. The molecule has 0 spiro atoms. The second kappa shape index (κ2) is 9.31. The maximum atomic E-state index is 14.5. The topological polar surface area (TPSA) is 53.4 Å². The van der Waals surface area contributed by atoms with Gasteiger partial charge in [0.1, 0.15) is 5.82 Å². The zero-order valence-corrected chi connectivity index (χ0v) is 19.6. The molecule has 2 fully saturated rings. The molecule has 0 aliphatic carbocycles. The van der Waals surface area contributed by atoms with Crippen molar-refractivity contribution in [1.82, 2.24) is 19.8 Å². The van der Waals surface area contributed by atoms with Crippen LogP contribution in [0, 0.1) is 5.82 Å². The SMILES string of the molecule is C[C@H](c1ccc(Cl)cc1F)n1cnc2ccc(N3CCN(C(=O)C4CCCCN4)CC3)cc21. The van der Waals surface area contributed by atoms with Crippen molar-refractivity contribution in [3.05, 3.63) is 59.1 Å². The molecule has 5 rings (SSSR count). The van der Waals surface area contributed by atoms with Gasteiger partial charge in [0.05, 0.1) is 29.4 Å². The van der Waals surface area contributed by atoms with Crippen LogP contribution in [0.2, 0.25) is 5.02 Å². The Kier molecular flexibility index (Phi) is 6.25. The number of piperazine rings is 1. The third-order valence-corrected chi connectivity index (χ3v) is 7.19. The highest BCUT2D eigenvalue weighted by atomic mass is 35.5. The first-order valence-corrected chi connectivity index (χ1v) is 12.1. The molecule has 8 heteroatoms. The minimum atomic E-state index is -0.318. The van der Waals surface area contributed by atoms with Crippen LogP contribution in [-0.4, -0.2) is 59.1 Å². The van der Waals surface area contributed by atoms with Crippen LogP contribution in [0.15, 0.2) is 42.7 Å². The summed E-state index contributed by atoms with van der Waals surface area (Å²) in [4.78, 5) is 21.7. The molecule has 3 heterocycles. The number of nitrogens with zero attached hydrogens (tertiary/aromatic N) is 4. The molecule has 2 aromatic carbocycles. The lowest BCUT2D eigenvalue weighted by molar-refractivity contribution is -0.134. The van der Waals surface area contributed by atoms with Gasteiger partial charge in [0.2, 0.25) is 5.91 Å². The van der Waals surface area contributed by atoms with E-state index in [1.165, 1.54) is 6.07 Å². The highest BCUT2D eigenvalue weighted by Gasteiger charge is 2.28. The van der Waals surface area contributed by atoms with Crippen LogP contribution in [-0.2, 0) is 4.79 Å². The van der Waals surface area contributed by atoms with Gasteiger partial charge in [-0.1, -0.05) is 24.1 Å². The monoisotopic (exact) mass is 469 g/mol. The number of carbonyl (C=O) groups is 1. The van der Waals surface area contributed by atoms with Gasteiger partial charge in [-0.05, 0) is 56.6 Å². The van der Waals surface area contributed by atoms with Gasteiger partial charge < -0.3 is 19.7 Å². The minimum Gasteiger partial charge on any atom is -0.368 e. The van der Waals surface area contributed by atoms with Gasteiger partial charge in [-0.3, -0.25) is 4.79 Å². The average Bonchev–Trinajstić information content (AvgIpc) is 3.27. The Hall–Kier alpha value is -2.64. The second-order valence-corrected chi connectivity index (χ2v) is 9.42. The fourth-order valence-electron chi connectivity index (χ4n) is 4.98. The average molecular weight is 470 g/mol. The fourth-order valence-corrected chi connectivity index (χ4v) is 5.14. The lowest BCUT2D eigenvalue weighted by Crippen LogP contribution is -2.55. The van der Waals surface area contributed by atoms with E-state index in [0.29, 0.717) is 10.6 Å². The van der Waals surface area contributed by atoms with E-state index in [1.54, 1.807) is 18.5 Å². The van der Waals surface area contributed by atoms with E-state index in [1.807, 2.05) is 22.5 Å². The number of anilines is 1. The molecule has 3 aromatic rings. The van der Waals surface area contributed by atoms with Gasteiger partial charge in [-0.15, -0.1) is 0 Å². The molecule has 1 N–H and O–H groups in total. The zero-order chi connectivity index (χ0) is 22.9. The van der Waals surface area contributed by atoms with E-state index in [-0.39, 0.29) is 23.8 Å². The number of benzene rings is 2. The number of imidazole rings is 1. The van der Waals surface area contributed by atoms with E-state index < -0.39 is 0 Å². The van der Waals surface area contributed by atoms with Crippen LogP contribution in [0.1, 0.15) is 37.8 Å². The number of aromatic nitrogens is 2. The molecule has 0 radical (unpaired) electrons. The van der Waals surface area contributed by atoms with Crippen molar-refractivity contribution in [3.8, 4) is 0 Å². The molecule has 33 heavy (non-hydrogen) atoms. The number of carbonyl (C=O) groups excluding carboxylic acids is 1. The van der Waals surface area contributed by atoms with E-state index in [9.17, 15) is 9.18 Å². The molecule has 1 amide bonds. The van der Waals surface area contributed by atoms with Crippen LogP contribution in [0.4, 0.5) is 10.1 Å². The van der Waals surface area contributed by atoms with Gasteiger partial charge >= 0.3 is 0 Å². The molecule has 6 nitrogen and oxygen atoms in total. The maximum Gasteiger partial charge on any atom is 0.239 e. The predicted molar refractivity (Wildman–Crippen MR) is 129 cm³/mol. The first-order chi connectivity index (χ1) is 16.0. The Morgan fingerprint density at radius 3 is 2.70 bits per heavy atom. The number of fused-ring (bicyclic) bond motifs is 1. The largest absolute Gasteiger partial charge is 0.368 e. The quantitative estimate of drug-likeness (QED) is 0.621. The molecule has 174 valence electrons. The van der Waals surface area contributed by atoms with E-state index in [4.69, 9.17) is 11.6 Å². The number of hydrogen-bond donors (Lipinski definition) is 1. The fraction of sp³-hybridized carbons (Fsp3) is 0.440. The summed E-state index contributed by atoms with van der Waals surface area (Å²) in [6.45, 7) is 5.92. The van der Waals surface area contributed by atoms with Crippen molar-refractivity contribution in [2.45, 2.75) is 38.3 Å². The van der Waals surface area contributed by atoms with Gasteiger partial charge in [-0.2, -0.15) is 0 Å². The summed E-state index contributed by atoms with van der Waals surface area (Å²) >= 11 is 5.93. The Morgan fingerprint density at radius 1 is 1.15 bits per heavy atom. The van der Waals surface area contributed by atoms with Gasteiger partial charge in [0.15, 0.2) is 0 Å². The standard InChI is InChI=1S/C25H29ClFN5O/c1-17(20-7-5-18(26)14-21(20)27)32-16-29-22-8-6-19(15-24(22)32)30-10-12-31(13-11-30)25(33)23-4-2-3-9-28-23/h5-8,14-17,23,28H,2-4,9-13H2,1H3/t17-,23?/m1/s1. The molecule has 2 saturated heterocycles. The van der Waals surface area contributed by atoms with Crippen LogP contribution >= 0.6 is 11.6 Å². The summed E-state index contributed by atoms with van der Waals surface area (Å²) in [6.07, 6.45) is 4.97. The number of halogens is 2. The van der Waals surface area contributed by atoms with Crippen molar-refractivity contribution in [3.63, 3.8) is 0 Å². The molecule has 1 aromatic heterocycles. The predicted octanol–water partition coefficient (Wildman–Crippen LogP) is 4.23. The summed E-state index contributed by atoms with van der Waals surface area (Å²) in [5.74, 6) is -0.0806. The minimum absolute atomic E-state index is 0.0225.